The first kappa shape index (κ1) is 19.7. The van der Waals surface area contributed by atoms with Crippen molar-refractivity contribution in [3.63, 3.8) is 0 Å². The van der Waals surface area contributed by atoms with Crippen LogP contribution in [0.4, 0.5) is 4.79 Å². The number of urea groups is 1. The normalized spacial score (nSPS) is 11.0. The molecule has 0 aliphatic rings. The maximum Gasteiger partial charge on any atom is 0.318 e. The number of pyridine rings is 1. The highest BCUT2D eigenvalue weighted by atomic mass is 16.3. The Morgan fingerprint density at radius 1 is 1.21 bits per heavy atom. The molecule has 3 heterocycles. The number of amides is 2. The summed E-state index contributed by atoms with van der Waals surface area (Å²) in [4.78, 5) is 19.0. The lowest BCUT2D eigenvalue weighted by atomic mass is 10.2. The van der Waals surface area contributed by atoms with Gasteiger partial charge in [0, 0.05) is 30.0 Å². The molecule has 7 nitrogen and oxygen atoms in total. The molecule has 7 heteroatoms. The van der Waals surface area contributed by atoms with Gasteiger partial charge in [-0.1, -0.05) is 6.07 Å². The SMILES string of the molecule is Cc1nn(C(C)C)c(C)c1CNC(=O)N(Cc1ccccn1)Cc1ccco1. The van der Waals surface area contributed by atoms with E-state index in [0.29, 0.717) is 19.6 Å². The summed E-state index contributed by atoms with van der Waals surface area (Å²) >= 11 is 0. The van der Waals surface area contributed by atoms with Gasteiger partial charge in [0.2, 0.25) is 0 Å². The van der Waals surface area contributed by atoms with Crippen molar-refractivity contribution in [3.8, 4) is 0 Å². The van der Waals surface area contributed by atoms with E-state index >= 15 is 0 Å². The highest BCUT2D eigenvalue weighted by molar-refractivity contribution is 5.74. The average molecular weight is 381 g/mol. The van der Waals surface area contributed by atoms with Gasteiger partial charge in [0.05, 0.1) is 30.7 Å². The van der Waals surface area contributed by atoms with Crippen LogP contribution in [0.15, 0.2) is 47.2 Å². The Hall–Kier alpha value is -3.09. The molecule has 0 spiro atoms. The summed E-state index contributed by atoms with van der Waals surface area (Å²) in [5, 5.41) is 7.62. The van der Waals surface area contributed by atoms with Crippen LogP contribution < -0.4 is 5.32 Å². The lowest BCUT2D eigenvalue weighted by Gasteiger charge is -2.22. The van der Waals surface area contributed by atoms with Crippen molar-refractivity contribution in [3.05, 3.63) is 71.2 Å². The Bertz CT molecular complexity index is 901. The minimum atomic E-state index is -0.168. The quantitative estimate of drug-likeness (QED) is 0.672. The zero-order valence-electron chi connectivity index (χ0n) is 16.8. The Labute approximate surface area is 165 Å². The molecular weight excluding hydrogens is 354 g/mol. The molecule has 0 unspecified atom stereocenters. The van der Waals surface area contributed by atoms with E-state index in [1.165, 1.54) is 0 Å². The van der Waals surface area contributed by atoms with E-state index in [2.05, 4.69) is 29.2 Å². The summed E-state index contributed by atoms with van der Waals surface area (Å²) in [6.45, 7) is 9.41. The van der Waals surface area contributed by atoms with Crippen molar-refractivity contribution >= 4 is 6.03 Å². The van der Waals surface area contributed by atoms with Gasteiger partial charge in [0.15, 0.2) is 0 Å². The summed E-state index contributed by atoms with van der Waals surface area (Å²) in [6, 6.07) is 9.47. The van der Waals surface area contributed by atoms with Crippen molar-refractivity contribution in [2.75, 3.05) is 0 Å². The number of carbonyl (C=O) groups excluding carboxylic acids is 1. The number of nitrogens with one attached hydrogen (secondary N) is 1. The number of rotatable bonds is 7. The Morgan fingerprint density at radius 3 is 2.64 bits per heavy atom. The molecule has 1 N–H and O–H groups in total. The van der Waals surface area contributed by atoms with Gasteiger partial charge in [-0.3, -0.25) is 9.67 Å². The molecule has 3 aromatic heterocycles. The third-order valence-electron chi connectivity index (χ3n) is 4.67. The van der Waals surface area contributed by atoms with Gasteiger partial charge in [0.25, 0.3) is 0 Å². The average Bonchev–Trinajstić information content (AvgIpc) is 3.28. The number of nitrogens with zero attached hydrogens (tertiary/aromatic N) is 4. The van der Waals surface area contributed by atoms with E-state index in [4.69, 9.17) is 4.42 Å². The molecule has 0 saturated heterocycles. The van der Waals surface area contributed by atoms with Gasteiger partial charge in [-0.25, -0.2) is 4.79 Å². The fourth-order valence-electron chi connectivity index (χ4n) is 3.21. The van der Waals surface area contributed by atoms with Gasteiger partial charge in [-0.05, 0) is 52.0 Å². The van der Waals surface area contributed by atoms with Crippen LogP contribution in [0.1, 0.15) is 48.3 Å². The number of furan rings is 1. The first-order valence-corrected chi connectivity index (χ1v) is 9.45. The molecule has 3 aromatic rings. The zero-order chi connectivity index (χ0) is 20.1. The molecule has 28 heavy (non-hydrogen) atoms. The van der Waals surface area contributed by atoms with Crippen LogP contribution in [0.3, 0.4) is 0 Å². The summed E-state index contributed by atoms with van der Waals surface area (Å²) in [5.74, 6) is 0.728. The molecule has 0 fully saturated rings. The molecule has 0 saturated carbocycles. The second-order valence-electron chi connectivity index (χ2n) is 7.10. The Kier molecular flexibility index (Phi) is 6.13. The number of hydrogen-bond donors (Lipinski definition) is 1. The molecule has 148 valence electrons. The Balaban J connectivity index is 1.72. The van der Waals surface area contributed by atoms with E-state index in [-0.39, 0.29) is 12.1 Å². The third-order valence-corrected chi connectivity index (χ3v) is 4.67. The van der Waals surface area contributed by atoms with Crippen LogP contribution >= 0.6 is 0 Å². The van der Waals surface area contributed by atoms with Crippen molar-refractivity contribution in [1.29, 1.82) is 0 Å². The second kappa shape index (κ2) is 8.73. The summed E-state index contributed by atoms with van der Waals surface area (Å²) < 4.78 is 7.42. The molecular formula is C21H27N5O2. The maximum absolute atomic E-state index is 12.9. The van der Waals surface area contributed by atoms with Crippen LogP contribution in [-0.2, 0) is 19.6 Å². The van der Waals surface area contributed by atoms with Gasteiger partial charge >= 0.3 is 6.03 Å². The zero-order valence-corrected chi connectivity index (χ0v) is 16.8. The Morgan fingerprint density at radius 2 is 2.04 bits per heavy atom. The number of carbonyl (C=O) groups is 1. The fourth-order valence-corrected chi connectivity index (χ4v) is 3.21. The van der Waals surface area contributed by atoms with E-state index in [0.717, 1.165) is 28.4 Å². The standard InChI is InChI=1S/C21H27N5O2/c1-15(2)26-17(4)20(16(3)24-26)12-23-21(27)25(14-19-9-7-11-28-19)13-18-8-5-6-10-22-18/h5-11,15H,12-14H2,1-4H3,(H,23,27). The van der Waals surface area contributed by atoms with Crippen LogP contribution in [0.2, 0.25) is 0 Å². The van der Waals surface area contributed by atoms with E-state index < -0.39 is 0 Å². The van der Waals surface area contributed by atoms with E-state index in [1.807, 2.05) is 48.9 Å². The molecule has 3 rings (SSSR count). The number of aromatic nitrogens is 3. The molecule has 0 atom stereocenters. The first-order valence-electron chi connectivity index (χ1n) is 9.45. The summed E-state index contributed by atoms with van der Waals surface area (Å²) in [6.07, 6.45) is 3.34. The highest BCUT2D eigenvalue weighted by Crippen LogP contribution is 2.17. The molecule has 0 bridgehead atoms. The van der Waals surface area contributed by atoms with E-state index in [1.54, 1.807) is 17.4 Å². The third kappa shape index (κ3) is 4.60. The van der Waals surface area contributed by atoms with E-state index in [9.17, 15) is 4.79 Å². The molecule has 0 aliphatic carbocycles. The van der Waals surface area contributed by atoms with Crippen LogP contribution in [-0.4, -0.2) is 25.7 Å². The molecule has 0 aliphatic heterocycles. The fraction of sp³-hybridized carbons (Fsp3) is 0.381. The maximum atomic E-state index is 12.9. The van der Waals surface area contributed by atoms with Crippen LogP contribution in [0.5, 0.6) is 0 Å². The molecule has 2 amide bonds. The summed E-state index contributed by atoms with van der Waals surface area (Å²) in [7, 11) is 0. The molecule has 0 aromatic carbocycles. The van der Waals surface area contributed by atoms with Crippen molar-refractivity contribution < 1.29 is 9.21 Å². The van der Waals surface area contributed by atoms with Crippen LogP contribution in [0.25, 0.3) is 0 Å². The van der Waals surface area contributed by atoms with Gasteiger partial charge < -0.3 is 14.6 Å². The minimum Gasteiger partial charge on any atom is -0.467 e. The summed E-state index contributed by atoms with van der Waals surface area (Å²) in [5.41, 5.74) is 3.89. The smallest absolute Gasteiger partial charge is 0.318 e. The molecule has 0 radical (unpaired) electrons. The lowest BCUT2D eigenvalue weighted by molar-refractivity contribution is 0.186. The second-order valence-corrected chi connectivity index (χ2v) is 7.10. The van der Waals surface area contributed by atoms with Crippen molar-refractivity contribution in [1.82, 2.24) is 25.0 Å². The van der Waals surface area contributed by atoms with Gasteiger partial charge in [0.1, 0.15) is 5.76 Å². The predicted molar refractivity (Wildman–Crippen MR) is 107 cm³/mol. The number of aryl methyl sites for hydroxylation is 1. The largest absolute Gasteiger partial charge is 0.467 e. The monoisotopic (exact) mass is 381 g/mol. The lowest BCUT2D eigenvalue weighted by Crippen LogP contribution is -2.39. The van der Waals surface area contributed by atoms with Crippen molar-refractivity contribution in [2.24, 2.45) is 0 Å². The predicted octanol–water partition coefficient (Wildman–Crippen LogP) is 3.98. The highest BCUT2D eigenvalue weighted by Gasteiger charge is 2.19. The van der Waals surface area contributed by atoms with Crippen molar-refractivity contribution in [2.45, 2.75) is 53.4 Å². The van der Waals surface area contributed by atoms with Crippen LogP contribution in [0, 0.1) is 13.8 Å². The topological polar surface area (TPSA) is 76.2 Å². The first-order chi connectivity index (χ1) is 13.5. The van der Waals surface area contributed by atoms with Gasteiger partial charge in [-0.15, -0.1) is 0 Å². The minimum absolute atomic E-state index is 0.168. The number of hydrogen-bond acceptors (Lipinski definition) is 4. The van der Waals surface area contributed by atoms with Gasteiger partial charge in [-0.2, -0.15) is 5.10 Å².